The van der Waals surface area contributed by atoms with Crippen molar-refractivity contribution in [3.8, 4) is 11.3 Å². The molecule has 0 bridgehead atoms. The largest absolute Gasteiger partial charge is 0.359 e. The third kappa shape index (κ3) is 2.48. The molecule has 0 spiro atoms. The van der Waals surface area contributed by atoms with Crippen LogP contribution in [0.5, 0.6) is 0 Å². The number of benzene rings is 1. The predicted octanol–water partition coefficient (Wildman–Crippen LogP) is 3.86. The Kier molecular flexibility index (Phi) is 3.57. The van der Waals surface area contributed by atoms with Crippen LogP contribution in [0, 0.1) is 0 Å². The molecule has 2 aromatic heterocycles. The first kappa shape index (κ1) is 14.6. The van der Waals surface area contributed by atoms with Crippen LogP contribution in [0.4, 0.5) is 0 Å². The maximum absolute atomic E-state index is 11.6. The molecule has 0 aliphatic heterocycles. The lowest BCUT2D eigenvalue weighted by atomic mass is 10.1. The van der Waals surface area contributed by atoms with Crippen LogP contribution in [0.25, 0.3) is 22.2 Å². The van der Waals surface area contributed by atoms with E-state index in [0.29, 0.717) is 27.2 Å². The van der Waals surface area contributed by atoms with Gasteiger partial charge in [0.2, 0.25) is 0 Å². The molecular weight excluding hydrogens is 357 g/mol. The maximum atomic E-state index is 11.6. The number of aromatic amines is 1. The minimum atomic E-state index is -3.88. The standard InChI is InChI=1S/C12H6Cl3N3O2S/c13-7-2-1-6-8(21(15,19)20)5-18-10(6)9(7)11-12(14)17-4-3-16-11/h1-5,18H. The van der Waals surface area contributed by atoms with Crippen LogP contribution in [0.2, 0.25) is 10.2 Å². The summed E-state index contributed by atoms with van der Waals surface area (Å²) in [6.45, 7) is 0. The van der Waals surface area contributed by atoms with Gasteiger partial charge in [-0.2, -0.15) is 0 Å². The van der Waals surface area contributed by atoms with E-state index in [0.717, 1.165) is 0 Å². The van der Waals surface area contributed by atoms with Gasteiger partial charge in [0.05, 0.1) is 10.5 Å². The molecule has 0 radical (unpaired) electrons. The van der Waals surface area contributed by atoms with E-state index >= 15 is 0 Å². The van der Waals surface area contributed by atoms with Crippen molar-refractivity contribution >= 4 is 53.8 Å². The van der Waals surface area contributed by atoms with Gasteiger partial charge < -0.3 is 4.98 Å². The van der Waals surface area contributed by atoms with Crippen molar-refractivity contribution in [3.05, 3.63) is 40.9 Å². The van der Waals surface area contributed by atoms with Gasteiger partial charge in [0.1, 0.15) is 10.6 Å². The summed E-state index contributed by atoms with van der Waals surface area (Å²) in [6.07, 6.45) is 4.22. The Balaban J connectivity index is 2.42. The van der Waals surface area contributed by atoms with Crippen LogP contribution in [0.3, 0.4) is 0 Å². The number of hydrogen-bond donors (Lipinski definition) is 1. The van der Waals surface area contributed by atoms with Crippen LogP contribution >= 0.6 is 33.9 Å². The minimum absolute atomic E-state index is 0.0305. The third-order valence-electron chi connectivity index (χ3n) is 2.92. The van der Waals surface area contributed by atoms with Gasteiger partial charge >= 0.3 is 0 Å². The van der Waals surface area contributed by atoms with Crippen molar-refractivity contribution in [2.75, 3.05) is 0 Å². The van der Waals surface area contributed by atoms with Crippen molar-refractivity contribution < 1.29 is 8.42 Å². The fraction of sp³-hybridized carbons (Fsp3) is 0. The van der Waals surface area contributed by atoms with Gasteiger partial charge in [0, 0.05) is 40.2 Å². The van der Waals surface area contributed by atoms with Gasteiger partial charge in [-0.15, -0.1) is 0 Å². The van der Waals surface area contributed by atoms with Gasteiger partial charge in [0.25, 0.3) is 9.05 Å². The molecule has 0 atom stereocenters. The SMILES string of the molecule is O=S(=O)(Cl)c1c[nH]c2c(-c3nccnc3Cl)c(Cl)ccc12. The van der Waals surface area contributed by atoms with Gasteiger partial charge in [-0.05, 0) is 12.1 Å². The average Bonchev–Trinajstić information content (AvgIpc) is 2.84. The first-order valence-corrected chi connectivity index (χ1v) is 8.67. The molecule has 0 saturated carbocycles. The molecule has 3 aromatic rings. The van der Waals surface area contributed by atoms with E-state index in [1.807, 2.05) is 0 Å². The molecule has 3 rings (SSSR count). The number of nitrogens with one attached hydrogen (secondary N) is 1. The molecule has 0 aliphatic carbocycles. The Bertz CT molecular complexity index is 954. The Morgan fingerprint density at radius 1 is 1.10 bits per heavy atom. The number of halogens is 3. The molecule has 1 aromatic carbocycles. The zero-order valence-electron chi connectivity index (χ0n) is 10.1. The molecule has 0 unspecified atom stereocenters. The lowest BCUT2D eigenvalue weighted by molar-refractivity contribution is 0.610. The van der Waals surface area contributed by atoms with Crippen molar-refractivity contribution in [2.45, 2.75) is 4.90 Å². The molecule has 21 heavy (non-hydrogen) atoms. The molecule has 108 valence electrons. The summed E-state index contributed by atoms with van der Waals surface area (Å²) in [5.74, 6) is 0. The molecule has 9 heteroatoms. The molecule has 1 N–H and O–H groups in total. The monoisotopic (exact) mass is 361 g/mol. The highest BCUT2D eigenvalue weighted by molar-refractivity contribution is 8.14. The highest BCUT2D eigenvalue weighted by Gasteiger charge is 2.21. The van der Waals surface area contributed by atoms with E-state index in [2.05, 4.69) is 15.0 Å². The van der Waals surface area contributed by atoms with Crippen molar-refractivity contribution in [3.63, 3.8) is 0 Å². The quantitative estimate of drug-likeness (QED) is 0.702. The molecule has 0 fully saturated rings. The lowest BCUT2D eigenvalue weighted by Crippen LogP contribution is -1.91. The molecule has 0 saturated heterocycles. The van der Waals surface area contributed by atoms with Gasteiger partial charge in [0.15, 0.2) is 5.15 Å². The molecule has 0 aliphatic rings. The normalized spacial score (nSPS) is 12.0. The number of nitrogens with zero attached hydrogens (tertiary/aromatic N) is 2. The maximum Gasteiger partial charge on any atom is 0.263 e. The van der Waals surface area contributed by atoms with Gasteiger partial charge in [-0.3, -0.25) is 4.98 Å². The summed E-state index contributed by atoms with van der Waals surface area (Å²) < 4.78 is 23.1. The van der Waals surface area contributed by atoms with Crippen molar-refractivity contribution in [1.29, 1.82) is 0 Å². The highest BCUT2D eigenvalue weighted by atomic mass is 35.7. The molecule has 5 nitrogen and oxygen atoms in total. The molecular formula is C12H6Cl3N3O2S. The highest BCUT2D eigenvalue weighted by Crippen LogP contribution is 2.38. The Morgan fingerprint density at radius 3 is 2.48 bits per heavy atom. The van der Waals surface area contributed by atoms with Crippen LogP contribution in [-0.2, 0) is 9.05 Å². The number of rotatable bonds is 2. The first-order valence-electron chi connectivity index (χ1n) is 5.60. The topological polar surface area (TPSA) is 75.7 Å². The van der Waals surface area contributed by atoms with E-state index in [1.165, 1.54) is 18.6 Å². The lowest BCUT2D eigenvalue weighted by Gasteiger charge is -2.07. The number of H-pyrrole nitrogens is 1. The Hall–Kier alpha value is -1.34. The Morgan fingerprint density at radius 2 is 1.81 bits per heavy atom. The van der Waals surface area contributed by atoms with Crippen LogP contribution in [-0.4, -0.2) is 23.4 Å². The summed E-state index contributed by atoms with van der Waals surface area (Å²) in [5.41, 5.74) is 1.30. The second-order valence-electron chi connectivity index (χ2n) is 4.13. The zero-order chi connectivity index (χ0) is 15.2. The van der Waals surface area contributed by atoms with Gasteiger partial charge in [-0.25, -0.2) is 13.4 Å². The fourth-order valence-corrected chi connectivity index (χ4v) is 3.53. The smallest absolute Gasteiger partial charge is 0.263 e. The number of fused-ring (bicyclic) bond motifs is 1. The van der Waals surface area contributed by atoms with Crippen LogP contribution in [0.1, 0.15) is 0 Å². The minimum Gasteiger partial charge on any atom is -0.359 e. The number of aromatic nitrogens is 3. The summed E-state index contributed by atoms with van der Waals surface area (Å²) in [4.78, 5) is 10.9. The summed E-state index contributed by atoms with van der Waals surface area (Å²) in [7, 11) is 1.53. The van der Waals surface area contributed by atoms with Crippen LogP contribution in [0.15, 0.2) is 35.6 Å². The summed E-state index contributed by atoms with van der Waals surface area (Å²) in [5, 5.41) is 0.938. The van der Waals surface area contributed by atoms with Crippen molar-refractivity contribution in [1.82, 2.24) is 15.0 Å². The summed E-state index contributed by atoms with van der Waals surface area (Å²) >= 11 is 12.2. The Labute approximate surface area is 134 Å². The van der Waals surface area contributed by atoms with E-state index in [1.54, 1.807) is 12.1 Å². The third-order valence-corrected chi connectivity index (χ3v) is 4.87. The van der Waals surface area contributed by atoms with Crippen molar-refractivity contribution in [2.24, 2.45) is 0 Å². The van der Waals surface area contributed by atoms with E-state index in [4.69, 9.17) is 33.9 Å². The second-order valence-corrected chi connectivity index (χ2v) is 7.43. The summed E-state index contributed by atoms with van der Waals surface area (Å²) in [6, 6.07) is 3.13. The average molecular weight is 363 g/mol. The zero-order valence-corrected chi connectivity index (χ0v) is 13.2. The number of hydrogen-bond acceptors (Lipinski definition) is 4. The van der Waals surface area contributed by atoms with E-state index in [-0.39, 0.29) is 10.0 Å². The second kappa shape index (κ2) is 5.14. The molecule has 0 amide bonds. The first-order chi connectivity index (χ1) is 9.89. The van der Waals surface area contributed by atoms with E-state index in [9.17, 15) is 8.42 Å². The van der Waals surface area contributed by atoms with E-state index < -0.39 is 9.05 Å². The fourth-order valence-electron chi connectivity index (χ4n) is 2.07. The molecule has 2 heterocycles. The predicted molar refractivity (Wildman–Crippen MR) is 82.4 cm³/mol. The van der Waals surface area contributed by atoms with Gasteiger partial charge in [-0.1, -0.05) is 23.2 Å². The van der Waals surface area contributed by atoms with Crippen LogP contribution < -0.4 is 0 Å².